The van der Waals surface area contributed by atoms with Gasteiger partial charge in [-0.1, -0.05) is 0 Å². The van der Waals surface area contributed by atoms with Gasteiger partial charge in [-0.3, -0.25) is 0 Å². The van der Waals surface area contributed by atoms with E-state index in [1.807, 2.05) is 0 Å². The van der Waals surface area contributed by atoms with E-state index < -0.39 is 11.9 Å². The van der Waals surface area contributed by atoms with Crippen LogP contribution in [0.5, 0.6) is 0 Å². The molecule has 0 saturated heterocycles. The highest BCUT2D eigenvalue weighted by Gasteiger charge is 2.36. The van der Waals surface area contributed by atoms with Gasteiger partial charge in [0.15, 0.2) is 5.83 Å². The molecule has 1 aliphatic rings. The lowest BCUT2D eigenvalue weighted by molar-refractivity contribution is -0.00635. The normalized spacial score (nSPS) is 22.8. The molecule has 0 fully saturated rings. The van der Waals surface area contributed by atoms with Gasteiger partial charge >= 0.3 is 6.05 Å². The van der Waals surface area contributed by atoms with E-state index >= 15 is 0 Å². The Morgan fingerprint density at radius 3 is 2.50 bits per heavy atom. The molecule has 0 aromatic rings. The Hall–Kier alpha value is -0.930. The second-order valence-electron chi connectivity index (χ2n) is 2.05. The first-order valence-electron chi connectivity index (χ1n) is 2.73. The zero-order chi connectivity index (χ0) is 7.78. The Labute approximate surface area is 56.2 Å². The molecule has 0 aromatic carbocycles. The summed E-state index contributed by atoms with van der Waals surface area (Å²) in [5, 5.41) is 1.59. The van der Waals surface area contributed by atoms with E-state index in [2.05, 4.69) is 0 Å². The summed E-state index contributed by atoms with van der Waals surface area (Å²) in [5.41, 5.74) is -0.0382. The van der Waals surface area contributed by atoms with Crippen LogP contribution in [0, 0.1) is 0 Å². The number of alkyl halides is 2. The minimum atomic E-state index is -3.52. The SMILES string of the molecule is CC1=C(F)C(F)(F)NC=C1. The van der Waals surface area contributed by atoms with Crippen LogP contribution in [0.1, 0.15) is 6.92 Å². The molecule has 0 aromatic heterocycles. The second kappa shape index (κ2) is 2.04. The maximum absolute atomic E-state index is 12.4. The van der Waals surface area contributed by atoms with Gasteiger partial charge < -0.3 is 5.32 Å². The molecule has 1 nitrogen and oxygen atoms in total. The zero-order valence-electron chi connectivity index (χ0n) is 5.29. The summed E-state index contributed by atoms with van der Waals surface area (Å²) in [7, 11) is 0. The van der Waals surface area contributed by atoms with Gasteiger partial charge in [-0.15, -0.1) is 0 Å². The van der Waals surface area contributed by atoms with E-state index in [1.165, 1.54) is 13.0 Å². The highest BCUT2D eigenvalue weighted by Crippen LogP contribution is 2.28. The molecule has 0 atom stereocenters. The predicted octanol–water partition coefficient (Wildman–Crippen LogP) is 1.94. The largest absolute Gasteiger partial charge is 0.376 e. The molecule has 0 radical (unpaired) electrons. The summed E-state index contributed by atoms with van der Waals surface area (Å²) in [6, 6.07) is -3.52. The molecular weight excluding hydrogens is 143 g/mol. The fraction of sp³-hybridized carbons (Fsp3) is 0.333. The smallest absolute Gasteiger partial charge is 0.328 e. The van der Waals surface area contributed by atoms with Crippen LogP contribution < -0.4 is 5.32 Å². The van der Waals surface area contributed by atoms with Gasteiger partial charge in [-0.2, -0.15) is 8.78 Å². The Kier molecular flexibility index (Phi) is 1.46. The Bertz CT molecular complexity index is 205. The van der Waals surface area contributed by atoms with Crippen molar-refractivity contribution in [1.29, 1.82) is 0 Å². The number of hydrogen-bond donors (Lipinski definition) is 1. The summed E-state index contributed by atoms with van der Waals surface area (Å²) in [6.45, 7) is 1.29. The van der Waals surface area contributed by atoms with Crippen molar-refractivity contribution in [2.24, 2.45) is 0 Å². The molecule has 0 bridgehead atoms. The molecule has 0 spiro atoms. The lowest BCUT2D eigenvalue weighted by atomic mass is 10.2. The fourth-order valence-electron chi connectivity index (χ4n) is 0.655. The number of halogens is 3. The summed E-state index contributed by atoms with van der Waals surface area (Å²) in [4.78, 5) is 0. The van der Waals surface area contributed by atoms with E-state index in [0.29, 0.717) is 0 Å². The van der Waals surface area contributed by atoms with Gasteiger partial charge in [0.25, 0.3) is 0 Å². The Morgan fingerprint density at radius 1 is 1.50 bits per heavy atom. The minimum Gasteiger partial charge on any atom is -0.328 e. The van der Waals surface area contributed by atoms with Gasteiger partial charge in [0, 0.05) is 6.20 Å². The number of allylic oxidation sites excluding steroid dienone is 2. The van der Waals surface area contributed by atoms with Gasteiger partial charge in [0.1, 0.15) is 0 Å². The molecule has 0 saturated carbocycles. The number of hydrogen-bond acceptors (Lipinski definition) is 1. The molecule has 1 rings (SSSR count). The van der Waals surface area contributed by atoms with E-state index in [9.17, 15) is 13.2 Å². The standard InChI is InChI=1S/C6H6F3N/c1-4-2-3-10-6(8,9)5(4)7/h2-3,10H,1H3. The molecule has 4 heteroatoms. The first-order chi connectivity index (χ1) is 4.54. The average molecular weight is 149 g/mol. The molecule has 1 aliphatic heterocycles. The van der Waals surface area contributed by atoms with Gasteiger partial charge in [-0.05, 0) is 18.6 Å². The van der Waals surface area contributed by atoms with Crippen LogP contribution in [0.25, 0.3) is 0 Å². The van der Waals surface area contributed by atoms with E-state index in [0.717, 1.165) is 6.20 Å². The van der Waals surface area contributed by atoms with E-state index in [1.54, 1.807) is 5.32 Å². The average Bonchev–Trinajstić information content (AvgIpc) is 1.83. The van der Waals surface area contributed by atoms with Crippen LogP contribution >= 0.6 is 0 Å². The van der Waals surface area contributed by atoms with Gasteiger partial charge in [-0.25, -0.2) is 4.39 Å². The van der Waals surface area contributed by atoms with Crippen LogP contribution in [0.15, 0.2) is 23.7 Å². The molecule has 10 heavy (non-hydrogen) atoms. The quantitative estimate of drug-likeness (QED) is 0.519. The molecule has 1 N–H and O–H groups in total. The third kappa shape index (κ3) is 1.01. The van der Waals surface area contributed by atoms with Gasteiger partial charge in [0.05, 0.1) is 0 Å². The van der Waals surface area contributed by atoms with Crippen molar-refractivity contribution in [3.05, 3.63) is 23.7 Å². The van der Waals surface area contributed by atoms with Crippen molar-refractivity contribution in [3.8, 4) is 0 Å². The lowest BCUT2D eigenvalue weighted by Crippen LogP contribution is -2.35. The maximum Gasteiger partial charge on any atom is 0.376 e. The predicted molar refractivity (Wildman–Crippen MR) is 31.0 cm³/mol. The summed E-state index contributed by atoms with van der Waals surface area (Å²) in [5.74, 6) is -1.41. The molecule has 1 heterocycles. The molecule has 0 amide bonds. The van der Waals surface area contributed by atoms with E-state index in [-0.39, 0.29) is 5.57 Å². The first kappa shape index (κ1) is 7.18. The summed E-state index contributed by atoms with van der Waals surface area (Å²) in [6.07, 6.45) is 2.28. The highest BCUT2D eigenvalue weighted by atomic mass is 19.3. The third-order valence-electron chi connectivity index (χ3n) is 1.22. The first-order valence-corrected chi connectivity index (χ1v) is 2.73. The van der Waals surface area contributed by atoms with Crippen LogP contribution in [0.2, 0.25) is 0 Å². The van der Waals surface area contributed by atoms with Crippen molar-refractivity contribution in [2.75, 3.05) is 0 Å². The fourth-order valence-corrected chi connectivity index (χ4v) is 0.655. The van der Waals surface area contributed by atoms with Crippen molar-refractivity contribution in [2.45, 2.75) is 13.0 Å². The number of rotatable bonds is 0. The summed E-state index contributed by atoms with van der Waals surface area (Å²) < 4.78 is 36.9. The Morgan fingerprint density at radius 2 is 2.10 bits per heavy atom. The number of dihydropyridines is 1. The summed E-state index contributed by atoms with van der Waals surface area (Å²) >= 11 is 0. The minimum absolute atomic E-state index is 0.0382. The number of nitrogens with one attached hydrogen (secondary N) is 1. The molecule has 0 aliphatic carbocycles. The monoisotopic (exact) mass is 149 g/mol. The van der Waals surface area contributed by atoms with Crippen molar-refractivity contribution in [1.82, 2.24) is 5.32 Å². The van der Waals surface area contributed by atoms with Crippen LogP contribution in [0.4, 0.5) is 13.2 Å². The van der Waals surface area contributed by atoms with Crippen molar-refractivity contribution < 1.29 is 13.2 Å². The maximum atomic E-state index is 12.4. The van der Waals surface area contributed by atoms with Crippen LogP contribution in [-0.4, -0.2) is 6.05 Å². The third-order valence-corrected chi connectivity index (χ3v) is 1.22. The van der Waals surface area contributed by atoms with E-state index in [4.69, 9.17) is 0 Å². The van der Waals surface area contributed by atoms with Crippen molar-refractivity contribution >= 4 is 0 Å². The van der Waals surface area contributed by atoms with Crippen LogP contribution in [0.3, 0.4) is 0 Å². The topological polar surface area (TPSA) is 12.0 Å². The zero-order valence-corrected chi connectivity index (χ0v) is 5.29. The Balaban J connectivity index is 2.99. The second-order valence-corrected chi connectivity index (χ2v) is 2.05. The molecule has 0 unspecified atom stereocenters. The molecule has 56 valence electrons. The highest BCUT2D eigenvalue weighted by molar-refractivity contribution is 5.27. The van der Waals surface area contributed by atoms with Gasteiger partial charge in [0.2, 0.25) is 0 Å². The van der Waals surface area contributed by atoms with Crippen molar-refractivity contribution in [3.63, 3.8) is 0 Å². The lowest BCUT2D eigenvalue weighted by Gasteiger charge is -2.18. The molecular formula is C6H6F3N. The van der Waals surface area contributed by atoms with Crippen LogP contribution in [-0.2, 0) is 0 Å².